The summed E-state index contributed by atoms with van der Waals surface area (Å²) in [5.41, 5.74) is 3.06. The Hall–Kier alpha value is -2.17. The first-order chi connectivity index (χ1) is 9.58. The quantitative estimate of drug-likeness (QED) is 0.851. The third-order valence-corrected chi connectivity index (χ3v) is 3.80. The zero-order valence-electron chi connectivity index (χ0n) is 11.6. The molecular formula is C15H17N3O2. The highest BCUT2D eigenvalue weighted by atomic mass is 16.2. The second-order valence-electron chi connectivity index (χ2n) is 5.49. The van der Waals surface area contributed by atoms with Crippen LogP contribution in [0.5, 0.6) is 0 Å². The number of rotatable bonds is 2. The molecule has 2 amide bonds. The normalized spacial score (nSPS) is 19.6. The summed E-state index contributed by atoms with van der Waals surface area (Å²) in [6.45, 7) is 4.25. The lowest BCUT2D eigenvalue weighted by Crippen LogP contribution is -2.41. The van der Waals surface area contributed by atoms with Crippen LogP contribution in [0.15, 0.2) is 24.5 Å². The molecule has 3 rings (SSSR count). The van der Waals surface area contributed by atoms with Crippen molar-refractivity contribution in [3.05, 3.63) is 30.1 Å². The number of nitrogens with one attached hydrogen (secondary N) is 1. The van der Waals surface area contributed by atoms with Crippen molar-refractivity contribution in [1.82, 2.24) is 14.9 Å². The van der Waals surface area contributed by atoms with Crippen molar-refractivity contribution >= 4 is 22.8 Å². The van der Waals surface area contributed by atoms with E-state index in [1.807, 2.05) is 16.7 Å². The Bertz CT molecular complexity index is 687. The van der Waals surface area contributed by atoms with Gasteiger partial charge < -0.3 is 4.57 Å². The number of piperidine rings is 1. The van der Waals surface area contributed by atoms with Crippen molar-refractivity contribution in [2.45, 2.75) is 38.6 Å². The van der Waals surface area contributed by atoms with E-state index in [9.17, 15) is 9.59 Å². The molecule has 5 nitrogen and oxygen atoms in total. The third-order valence-electron chi connectivity index (χ3n) is 3.80. The summed E-state index contributed by atoms with van der Waals surface area (Å²) >= 11 is 0. The van der Waals surface area contributed by atoms with Crippen LogP contribution in [-0.2, 0) is 9.59 Å². The summed E-state index contributed by atoms with van der Waals surface area (Å²) in [4.78, 5) is 27.7. The predicted octanol–water partition coefficient (Wildman–Crippen LogP) is 2.14. The number of carbonyl (C=O) groups is 2. The van der Waals surface area contributed by atoms with Crippen LogP contribution in [0, 0.1) is 0 Å². The summed E-state index contributed by atoms with van der Waals surface area (Å²) in [6, 6.07) is 5.68. The Balaban J connectivity index is 2.07. The molecular weight excluding hydrogens is 254 g/mol. The first-order valence-corrected chi connectivity index (χ1v) is 6.87. The van der Waals surface area contributed by atoms with Gasteiger partial charge in [-0.05, 0) is 24.0 Å². The van der Waals surface area contributed by atoms with Gasteiger partial charge in [-0.3, -0.25) is 14.9 Å². The number of para-hydroxylation sites is 1. The van der Waals surface area contributed by atoms with Gasteiger partial charge in [-0.1, -0.05) is 26.0 Å². The van der Waals surface area contributed by atoms with Gasteiger partial charge in [0, 0.05) is 6.42 Å². The van der Waals surface area contributed by atoms with E-state index < -0.39 is 0 Å². The lowest BCUT2D eigenvalue weighted by atomic mass is 10.0. The van der Waals surface area contributed by atoms with Crippen molar-refractivity contribution in [1.29, 1.82) is 0 Å². The highest BCUT2D eigenvalue weighted by Crippen LogP contribution is 2.28. The third kappa shape index (κ3) is 1.99. The molecule has 0 spiro atoms. The van der Waals surface area contributed by atoms with Gasteiger partial charge >= 0.3 is 0 Å². The fraction of sp³-hybridized carbons (Fsp3) is 0.400. The average Bonchev–Trinajstić information content (AvgIpc) is 2.82. The van der Waals surface area contributed by atoms with Crippen molar-refractivity contribution < 1.29 is 9.59 Å². The maximum absolute atomic E-state index is 12.0. The van der Waals surface area contributed by atoms with Crippen LogP contribution in [0.4, 0.5) is 0 Å². The largest absolute Gasteiger partial charge is 0.318 e. The molecule has 2 heterocycles. The van der Waals surface area contributed by atoms with Crippen LogP contribution in [0.2, 0.25) is 0 Å². The highest BCUT2D eigenvalue weighted by Gasteiger charge is 2.29. The van der Waals surface area contributed by atoms with Crippen LogP contribution >= 0.6 is 0 Å². The molecule has 1 unspecified atom stereocenters. The van der Waals surface area contributed by atoms with Gasteiger partial charge in [-0.15, -0.1) is 0 Å². The van der Waals surface area contributed by atoms with Gasteiger partial charge in [0.05, 0.1) is 17.4 Å². The number of fused-ring (bicyclic) bond motifs is 1. The van der Waals surface area contributed by atoms with Gasteiger partial charge in [-0.2, -0.15) is 0 Å². The molecule has 1 aliphatic rings. The van der Waals surface area contributed by atoms with Crippen LogP contribution in [-0.4, -0.2) is 21.4 Å². The molecule has 0 radical (unpaired) electrons. The van der Waals surface area contributed by atoms with E-state index in [2.05, 4.69) is 30.2 Å². The SMILES string of the molecule is CC(C)c1cccc2c1ncn2C1CCC(=O)NC1=O. The van der Waals surface area contributed by atoms with Crippen molar-refractivity contribution in [3.63, 3.8) is 0 Å². The number of imide groups is 1. The average molecular weight is 271 g/mol. The molecule has 0 aliphatic carbocycles. The zero-order valence-corrected chi connectivity index (χ0v) is 11.6. The molecule has 0 saturated carbocycles. The van der Waals surface area contributed by atoms with E-state index in [4.69, 9.17) is 0 Å². The Labute approximate surface area is 117 Å². The van der Waals surface area contributed by atoms with Crippen LogP contribution in [0.3, 0.4) is 0 Å². The first-order valence-electron chi connectivity index (χ1n) is 6.87. The standard InChI is InChI=1S/C15H17N3O2/c1-9(2)10-4-3-5-11-14(10)16-8-18(11)12-6-7-13(19)17-15(12)20/h3-5,8-9,12H,6-7H2,1-2H3,(H,17,19,20). The summed E-state index contributed by atoms with van der Waals surface area (Å²) in [5, 5.41) is 2.39. The molecule has 1 aromatic heterocycles. The number of hydrogen-bond acceptors (Lipinski definition) is 3. The van der Waals surface area contributed by atoms with Crippen LogP contribution in [0.25, 0.3) is 11.0 Å². The molecule has 1 fully saturated rings. The molecule has 1 aromatic carbocycles. The van der Waals surface area contributed by atoms with E-state index in [1.165, 1.54) is 5.56 Å². The maximum atomic E-state index is 12.0. The summed E-state index contributed by atoms with van der Waals surface area (Å²) in [5.74, 6) is -0.0575. The number of imidazole rings is 1. The summed E-state index contributed by atoms with van der Waals surface area (Å²) < 4.78 is 1.88. The Morgan fingerprint density at radius 3 is 2.85 bits per heavy atom. The van der Waals surface area contributed by atoms with Gasteiger partial charge in [-0.25, -0.2) is 4.98 Å². The Kier molecular flexibility index (Phi) is 3.04. The van der Waals surface area contributed by atoms with E-state index >= 15 is 0 Å². The van der Waals surface area contributed by atoms with E-state index in [-0.39, 0.29) is 17.9 Å². The molecule has 1 saturated heterocycles. The second-order valence-corrected chi connectivity index (χ2v) is 5.49. The van der Waals surface area contributed by atoms with Gasteiger partial charge in [0.2, 0.25) is 11.8 Å². The van der Waals surface area contributed by atoms with Crippen molar-refractivity contribution in [2.24, 2.45) is 0 Å². The monoisotopic (exact) mass is 271 g/mol. The number of hydrogen-bond donors (Lipinski definition) is 1. The summed E-state index contributed by atoms with van der Waals surface area (Å²) in [6.07, 6.45) is 2.61. The molecule has 0 bridgehead atoms. The number of benzene rings is 1. The van der Waals surface area contributed by atoms with E-state index in [1.54, 1.807) is 6.33 Å². The minimum absolute atomic E-state index is 0.196. The van der Waals surface area contributed by atoms with Crippen molar-refractivity contribution in [3.8, 4) is 0 Å². The molecule has 1 aliphatic heterocycles. The minimum atomic E-state index is -0.347. The Morgan fingerprint density at radius 1 is 1.35 bits per heavy atom. The molecule has 5 heteroatoms. The van der Waals surface area contributed by atoms with Gasteiger partial charge in [0.25, 0.3) is 0 Å². The number of nitrogens with zero attached hydrogens (tertiary/aromatic N) is 2. The minimum Gasteiger partial charge on any atom is -0.318 e. The predicted molar refractivity (Wildman–Crippen MR) is 75.2 cm³/mol. The van der Waals surface area contributed by atoms with Gasteiger partial charge in [0.15, 0.2) is 0 Å². The highest BCUT2D eigenvalue weighted by molar-refractivity contribution is 6.00. The molecule has 1 N–H and O–H groups in total. The number of carbonyl (C=O) groups excluding carboxylic acids is 2. The maximum Gasteiger partial charge on any atom is 0.249 e. The van der Waals surface area contributed by atoms with E-state index in [0.717, 1.165) is 11.0 Å². The first kappa shape index (κ1) is 12.8. The van der Waals surface area contributed by atoms with Crippen LogP contribution in [0.1, 0.15) is 44.2 Å². The molecule has 1 atom stereocenters. The second kappa shape index (κ2) is 4.74. The number of aromatic nitrogens is 2. The van der Waals surface area contributed by atoms with Crippen LogP contribution < -0.4 is 5.32 Å². The molecule has 20 heavy (non-hydrogen) atoms. The molecule has 104 valence electrons. The van der Waals surface area contributed by atoms with E-state index in [0.29, 0.717) is 18.8 Å². The topological polar surface area (TPSA) is 64.0 Å². The fourth-order valence-electron chi connectivity index (χ4n) is 2.74. The lowest BCUT2D eigenvalue weighted by Gasteiger charge is -2.22. The fourth-order valence-corrected chi connectivity index (χ4v) is 2.74. The smallest absolute Gasteiger partial charge is 0.249 e. The molecule has 2 aromatic rings. The van der Waals surface area contributed by atoms with Gasteiger partial charge in [0.1, 0.15) is 6.04 Å². The Morgan fingerprint density at radius 2 is 2.15 bits per heavy atom. The summed E-state index contributed by atoms with van der Waals surface area (Å²) in [7, 11) is 0. The number of amides is 2. The van der Waals surface area contributed by atoms with Crippen molar-refractivity contribution in [2.75, 3.05) is 0 Å². The lowest BCUT2D eigenvalue weighted by molar-refractivity contribution is -0.135. The zero-order chi connectivity index (χ0) is 14.3.